The van der Waals surface area contributed by atoms with Crippen LogP contribution in [0.2, 0.25) is 0 Å². The van der Waals surface area contributed by atoms with Crippen molar-refractivity contribution in [2.24, 2.45) is 23.5 Å². The van der Waals surface area contributed by atoms with Crippen LogP contribution >= 0.6 is 0 Å². The molecule has 0 radical (unpaired) electrons. The van der Waals surface area contributed by atoms with Gasteiger partial charge in [-0.05, 0) is 43.7 Å². The molecule has 15 heavy (non-hydrogen) atoms. The van der Waals surface area contributed by atoms with Gasteiger partial charge in [0.15, 0.2) is 0 Å². The maximum Gasteiger partial charge on any atom is 0.00697 e. The normalized spacial score (nSPS) is 29.4. The second-order valence-electron chi connectivity index (χ2n) is 5.62. The predicted molar refractivity (Wildman–Crippen MR) is 66.8 cm³/mol. The molecule has 0 aliphatic heterocycles. The maximum absolute atomic E-state index is 5.78. The van der Waals surface area contributed by atoms with E-state index in [9.17, 15) is 0 Å². The van der Waals surface area contributed by atoms with Gasteiger partial charge in [-0.25, -0.2) is 0 Å². The molecule has 1 rings (SSSR count). The van der Waals surface area contributed by atoms with Gasteiger partial charge in [-0.15, -0.1) is 0 Å². The highest BCUT2D eigenvalue weighted by atomic mass is 14.9. The molecule has 0 aromatic rings. The summed E-state index contributed by atoms with van der Waals surface area (Å²) in [5, 5.41) is 3.70. The van der Waals surface area contributed by atoms with Gasteiger partial charge in [-0.2, -0.15) is 0 Å². The first kappa shape index (κ1) is 13.0. The quantitative estimate of drug-likeness (QED) is 0.734. The average molecular weight is 212 g/mol. The first-order chi connectivity index (χ1) is 7.13. The highest BCUT2D eigenvalue weighted by Crippen LogP contribution is 2.23. The van der Waals surface area contributed by atoms with Gasteiger partial charge in [-0.1, -0.05) is 33.6 Å². The molecule has 2 heteroatoms. The van der Waals surface area contributed by atoms with Crippen molar-refractivity contribution in [3.8, 4) is 0 Å². The van der Waals surface area contributed by atoms with E-state index in [-0.39, 0.29) is 0 Å². The van der Waals surface area contributed by atoms with Crippen molar-refractivity contribution in [1.82, 2.24) is 5.32 Å². The third-order valence-electron chi connectivity index (χ3n) is 3.85. The second kappa shape index (κ2) is 6.49. The SMILES string of the molecule is CC1CCCC(NCC(CN)C(C)C)C1. The van der Waals surface area contributed by atoms with E-state index < -0.39 is 0 Å². The van der Waals surface area contributed by atoms with Gasteiger partial charge in [0.05, 0.1) is 0 Å². The lowest BCUT2D eigenvalue weighted by Crippen LogP contribution is -2.39. The summed E-state index contributed by atoms with van der Waals surface area (Å²) in [5.41, 5.74) is 5.78. The van der Waals surface area contributed by atoms with Crippen molar-refractivity contribution in [3.05, 3.63) is 0 Å². The standard InChI is InChI=1S/C13H28N2/c1-10(2)12(8-14)9-15-13-6-4-5-11(3)7-13/h10-13,15H,4-9,14H2,1-3H3. The van der Waals surface area contributed by atoms with Crippen LogP contribution in [0.5, 0.6) is 0 Å². The maximum atomic E-state index is 5.78. The predicted octanol–water partition coefficient (Wildman–Crippen LogP) is 2.39. The summed E-state index contributed by atoms with van der Waals surface area (Å²) in [7, 11) is 0. The fourth-order valence-corrected chi connectivity index (χ4v) is 2.53. The van der Waals surface area contributed by atoms with Crippen LogP contribution in [-0.2, 0) is 0 Å². The second-order valence-corrected chi connectivity index (χ2v) is 5.62. The Labute approximate surface area is 95.0 Å². The molecule has 1 saturated carbocycles. The van der Waals surface area contributed by atoms with Crippen LogP contribution in [0.3, 0.4) is 0 Å². The minimum absolute atomic E-state index is 0.641. The van der Waals surface area contributed by atoms with Crippen molar-refractivity contribution in [1.29, 1.82) is 0 Å². The molecule has 3 N–H and O–H groups in total. The summed E-state index contributed by atoms with van der Waals surface area (Å²) in [6.07, 6.45) is 5.53. The zero-order valence-corrected chi connectivity index (χ0v) is 10.6. The largest absolute Gasteiger partial charge is 0.330 e. The van der Waals surface area contributed by atoms with Crippen LogP contribution in [0.1, 0.15) is 46.5 Å². The fraction of sp³-hybridized carbons (Fsp3) is 1.00. The molecule has 0 amide bonds. The number of nitrogens with one attached hydrogen (secondary N) is 1. The summed E-state index contributed by atoms with van der Waals surface area (Å²) in [6.45, 7) is 8.82. The number of hydrogen-bond donors (Lipinski definition) is 2. The minimum atomic E-state index is 0.641. The highest BCUT2D eigenvalue weighted by Gasteiger charge is 2.20. The number of nitrogens with two attached hydrogens (primary N) is 1. The Kier molecular flexibility index (Phi) is 5.62. The van der Waals surface area contributed by atoms with Gasteiger partial charge in [0.1, 0.15) is 0 Å². The molecule has 2 nitrogen and oxygen atoms in total. The lowest BCUT2D eigenvalue weighted by Gasteiger charge is -2.30. The summed E-state index contributed by atoms with van der Waals surface area (Å²) in [6, 6.07) is 0.751. The molecule has 1 fully saturated rings. The Morgan fingerprint density at radius 3 is 2.60 bits per heavy atom. The van der Waals surface area contributed by atoms with Crippen molar-refractivity contribution in [2.75, 3.05) is 13.1 Å². The monoisotopic (exact) mass is 212 g/mol. The van der Waals surface area contributed by atoms with E-state index in [1.54, 1.807) is 0 Å². The van der Waals surface area contributed by atoms with Gasteiger partial charge in [-0.3, -0.25) is 0 Å². The van der Waals surface area contributed by atoms with E-state index in [0.29, 0.717) is 11.8 Å². The first-order valence-corrected chi connectivity index (χ1v) is 6.57. The van der Waals surface area contributed by atoms with Crippen molar-refractivity contribution in [2.45, 2.75) is 52.5 Å². The lowest BCUT2D eigenvalue weighted by atomic mass is 9.86. The molecule has 3 atom stereocenters. The van der Waals surface area contributed by atoms with Gasteiger partial charge >= 0.3 is 0 Å². The Morgan fingerprint density at radius 2 is 2.07 bits per heavy atom. The van der Waals surface area contributed by atoms with Gasteiger partial charge in [0.2, 0.25) is 0 Å². The minimum Gasteiger partial charge on any atom is -0.330 e. The molecule has 0 spiro atoms. The van der Waals surface area contributed by atoms with E-state index in [1.165, 1.54) is 25.7 Å². The summed E-state index contributed by atoms with van der Waals surface area (Å²) in [4.78, 5) is 0. The molecule has 0 heterocycles. The van der Waals surface area contributed by atoms with Crippen LogP contribution in [0.15, 0.2) is 0 Å². The zero-order valence-electron chi connectivity index (χ0n) is 10.6. The third-order valence-corrected chi connectivity index (χ3v) is 3.85. The lowest BCUT2D eigenvalue weighted by molar-refractivity contribution is 0.273. The van der Waals surface area contributed by atoms with Gasteiger partial charge < -0.3 is 11.1 Å². The third kappa shape index (κ3) is 4.52. The first-order valence-electron chi connectivity index (χ1n) is 6.57. The molecule has 1 aliphatic rings. The molecular weight excluding hydrogens is 184 g/mol. The molecule has 0 aromatic heterocycles. The van der Waals surface area contributed by atoms with E-state index in [0.717, 1.165) is 25.0 Å². The number of hydrogen-bond acceptors (Lipinski definition) is 2. The molecule has 0 saturated heterocycles. The van der Waals surface area contributed by atoms with Crippen molar-refractivity contribution < 1.29 is 0 Å². The van der Waals surface area contributed by atoms with Gasteiger partial charge in [0, 0.05) is 6.04 Å². The molecule has 0 aromatic carbocycles. The molecule has 1 aliphatic carbocycles. The van der Waals surface area contributed by atoms with Crippen LogP contribution < -0.4 is 11.1 Å². The molecular formula is C13H28N2. The van der Waals surface area contributed by atoms with E-state index >= 15 is 0 Å². The van der Waals surface area contributed by atoms with E-state index in [2.05, 4.69) is 26.1 Å². The summed E-state index contributed by atoms with van der Waals surface area (Å²) >= 11 is 0. The summed E-state index contributed by atoms with van der Waals surface area (Å²) < 4.78 is 0. The van der Waals surface area contributed by atoms with Crippen molar-refractivity contribution in [3.63, 3.8) is 0 Å². The van der Waals surface area contributed by atoms with Crippen LogP contribution in [0, 0.1) is 17.8 Å². The highest BCUT2D eigenvalue weighted by molar-refractivity contribution is 4.77. The van der Waals surface area contributed by atoms with Gasteiger partial charge in [0.25, 0.3) is 0 Å². The Morgan fingerprint density at radius 1 is 1.33 bits per heavy atom. The van der Waals surface area contributed by atoms with Crippen LogP contribution in [-0.4, -0.2) is 19.1 Å². The Bertz CT molecular complexity index is 168. The van der Waals surface area contributed by atoms with Crippen molar-refractivity contribution >= 4 is 0 Å². The summed E-state index contributed by atoms with van der Waals surface area (Å²) in [5.74, 6) is 2.25. The molecule has 0 bridgehead atoms. The fourth-order valence-electron chi connectivity index (χ4n) is 2.53. The zero-order chi connectivity index (χ0) is 11.3. The molecule has 90 valence electrons. The van der Waals surface area contributed by atoms with Crippen LogP contribution in [0.4, 0.5) is 0 Å². The van der Waals surface area contributed by atoms with E-state index in [1.807, 2.05) is 0 Å². The number of rotatable bonds is 5. The average Bonchev–Trinajstić information content (AvgIpc) is 2.18. The Hall–Kier alpha value is -0.0800. The molecule has 3 unspecified atom stereocenters. The topological polar surface area (TPSA) is 38.0 Å². The van der Waals surface area contributed by atoms with E-state index in [4.69, 9.17) is 5.73 Å². The van der Waals surface area contributed by atoms with Crippen LogP contribution in [0.25, 0.3) is 0 Å². The smallest absolute Gasteiger partial charge is 0.00697 e. The Balaban J connectivity index is 2.23.